The molecule has 4 rings (SSSR count). The van der Waals surface area contributed by atoms with Gasteiger partial charge < -0.3 is 55.9 Å². The second-order valence-electron chi connectivity index (χ2n) is 9.41. The van der Waals surface area contributed by atoms with Crippen molar-refractivity contribution in [3.8, 4) is 0 Å². The summed E-state index contributed by atoms with van der Waals surface area (Å²) in [5, 5.41) is 74.3. The maximum atomic E-state index is 12.2. The quantitative estimate of drug-likeness (QED) is 0.218. The number of ether oxygens (including phenoxy) is 2. The van der Waals surface area contributed by atoms with Crippen molar-refractivity contribution in [2.45, 2.75) is 75.2 Å². The fourth-order valence-electron chi connectivity index (χ4n) is 5.96. The molecule has 0 aromatic carbocycles. The van der Waals surface area contributed by atoms with E-state index in [-0.39, 0.29) is 70.6 Å². The number of hydrogen-bond donors (Lipinski definition) is 6. The first-order chi connectivity index (χ1) is 15.0. The van der Waals surface area contributed by atoms with E-state index in [1.165, 1.54) is 12.3 Å². The number of aliphatic hydroxyl groups excluding tert-OH is 5. The average Bonchev–Trinajstić information content (AvgIpc) is 3.25. The molecule has 6 N–H and O–H groups in total. The fourth-order valence-corrected chi connectivity index (χ4v) is 5.96. The Balaban J connectivity index is 0.00000204. The van der Waals surface area contributed by atoms with Crippen LogP contribution in [0.3, 0.4) is 0 Å². The number of carboxylic acid groups (broad SMARTS) is 1. The van der Waals surface area contributed by atoms with Gasteiger partial charge in [0, 0.05) is 16.9 Å². The van der Waals surface area contributed by atoms with E-state index in [2.05, 4.69) is 0 Å². The molecule has 11 atom stereocenters. The summed E-state index contributed by atoms with van der Waals surface area (Å²) in [6, 6.07) is 1.43. The third-order valence-corrected chi connectivity index (χ3v) is 7.67. The van der Waals surface area contributed by atoms with Crippen molar-refractivity contribution in [2.75, 3.05) is 6.61 Å². The maximum Gasteiger partial charge on any atom is 1.00 e. The Morgan fingerprint density at radius 3 is 2.55 bits per heavy atom. The number of rotatable bonds is 4. The summed E-state index contributed by atoms with van der Waals surface area (Å²) in [5.74, 6) is -3.83. The summed E-state index contributed by atoms with van der Waals surface area (Å²) in [5.41, 5.74) is -3.40. The molecule has 0 unspecified atom stereocenters. The molecule has 1 aromatic heterocycles. The van der Waals surface area contributed by atoms with Crippen LogP contribution in [0, 0.1) is 17.3 Å². The zero-order valence-electron chi connectivity index (χ0n) is 19.7. The Morgan fingerprint density at radius 2 is 1.94 bits per heavy atom. The van der Waals surface area contributed by atoms with Gasteiger partial charge in [0.05, 0.1) is 31.0 Å². The molecule has 182 valence electrons. The van der Waals surface area contributed by atoms with Crippen LogP contribution in [0.4, 0.5) is 0 Å². The summed E-state index contributed by atoms with van der Waals surface area (Å²) < 4.78 is 16.6. The summed E-state index contributed by atoms with van der Waals surface area (Å²) in [4.78, 5) is 12.2. The van der Waals surface area contributed by atoms with Gasteiger partial charge in [0.1, 0.15) is 30.2 Å². The number of hydrogen-bond acceptors (Lipinski definition) is 11. The van der Waals surface area contributed by atoms with E-state index in [1.807, 2.05) is 0 Å². The second-order valence-corrected chi connectivity index (χ2v) is 9.41. The van der Waals surface area contributed by atoms with Crippen molar-refractivity contribution >= 4 is 5.97 Å². The van der Waals surface area contributed by atoms with Crippen molar-refractivity contribution in [3.05, 3.63) is 23.7 Å². The summed E-state index contributed by atoms with van der Waals surface area (Å²) in [6.45, 7) is 2.71. The predicted molar refractivity (Wildman–Crippen MR) is 102 cm³/mol. The van der Waals surface area contributed by atoms with E-state index in [0.717, 1.165) is 0 Å². The van der Waals surface area contributed by atoms with E-state index in [4.69, 9.17) is 13.9 Å². The maximum absolute atomic E-state index is 12.2. The van der Waals surface area contributed by atoms with Gasteiger partial charge >= 0.3 is 51.4 Å². The van der Waals surface area contributed by atoms with E-state index in [9.17, 15) is 40.5 Å². The normalized spacial score (nSPS) is 47.2. The Labute approximate surface area is 234 Å². The van der Waals surface area contributed by atoms with Crippen LogP contribution >= 0.6 is 0 Å². The first-order valence-electron chi connectivity index (χ1n) is 10.6. The minimum absolute atomic E-state index is 0. The number of aliphatic hydroxyl groups is 6. The van der Waals surface area contributed by atoms with Gasteiger partial charge in [-0.05, 0) is 24.8 Å². The standard InChI is InChI=1S/C21H30O11.K.H/c1-8-10(31-18-14(25)13(24)12(23)11(7-22)32-18)3-5-20(2)15(8)21(29,19(27)28)17-9(16(20)26)4-6-30-17;;/h4,6,8,10-16,18,22-26,29H,3,5,7H2,1-2H3,(H,27,28);;/q;+1;-1/p-1/t8-,10+,11+,12+,13-,14+,15-,16+,18+,20-,21+;;/m0../s1. The Bertz CT molecular complexity index is 868. The van der Waals surface area contributed by atoms with Gasteiger partial charge in [-0.15, -0.1) is 0 Å². The monoisotopic (exact) mass is 497 g/mol. The van der Waals surface area contributed by atoms with Gasteiger partial charge in [0.25, 0.3) is 0 Å². The smallest absolute Gasteiger partial charge is 1.00 e. The summed E-state index contributed by atoms with van der Waals surface area (Å²) in [6.07, 6.45) is -7.45. The van der Waals surface area contributed by atoms with E-state index in [0.29, 0.717) is 6.42 Å². The predicted octanol–water partition coefficient (Wildman–Crippen LogP) is -5.38. The molecule has 12 heteroatoms. The van der Waals surface area contributed by atoms with Crippen LogP contribution in [0.2, 0.25) is 0 Å². The Morgan fingerprint density at radius 1 is 1.27 bits per heavy atom. The molecular formula is C21H30KO11-. The topological polar surface area (TPSA) is 193 Å². The van der Waals surface area contributed by atoms with Gasteiger partial charge in [-0.1, -0.05) is 13.8 Å². The summed E-state index contributed by atoms with van der Waals surface area (Å²) in [7, 11) is 0. The Kier molecular flexibility index (Phi) is 8.25. The largest absolute Gasteiger partial charge is 1.00 e. The number of carboxylic acids is 1. The van der Waals surface area contributed by atoms with Crippen LogP contribution in [0.15, 0.2) is 16.7 Å². The average molecular weight is 498 g/mol. The van der Waals surface area contributed by atoms with Crippen LogP contribution in [-0.4, -0.2) is 80.0 Å². The van der Waals surface area contributed by atoms with Crippen LogP contribution < -0.4 is 56.5 Å². The molecular weight excluding hydrogens is 467 g/mol. The number of furan rings is 1. The summed E-state index contributed by atoms with van der Waals surface area (Å²) >= 11 is 0. The van der Waals surface area contributed by atoms with Crippen molar-refractivity contribution in [2.24, 2.45) is 17.3 Å². The number of fused-ring (bicyclic) bond motifs is 2. The molecule has 0 spiro atoms. The fraction of sp³-hybridized carbons (Fsp3) is 0.762. The third-order valence-electron chi connectivity index (χ3n) is 7.67. The number of carbonyl (C=O) groups excluding carboxylic acids is 1. The zero-order valence-corrected chi connectivity index (χ0v) is 21.8. The molecule has 0 radical (unpaired) electrons. The van der Waals surface area contributed by atoms with Crippen molar-refractivity contribution in [3.63, 3.8) is 0 Å². The van der Waals surface area contributed by atoms with Crippen molar-refractivity contribution in [1.29, 1.82) is 0 Å². The zero-order chi connectivity index (χ0) is 23.6. The van der Waals surface area contributed by atoms with E-state index < -0.39 is 78.3 Å². The number of aliphatic carboxylic acids is 1. The molecule has 2 heterocycles. The number of carbonyl (C=O) groups is 1. The van der Waals surface area contributed by atoms with Crippen LogP contribution in [-0.2, 0) is 19.9 Å². The molecule has 1 aromatic rings. The molecule has 1 saturated carbocycles. The first kappa shape index (κ1) is 27.7. The molecule has 0 amide bonds. The van der Waals surface area contributed by atoms with Crippen molar-refractivity contribution < 1.29 is 107 Å². The minimum Gasteiger partial charge on any atom is -1.00 e. The van der Waals surface area contributed by atoms with Gasteiger partial charge in [-0.25, -0.2) is 0 Å². The van der Waals surface area contributed by atoms with Crippen LogP contribution in [0.25, 0.3) is 0 Å². The van der Waals surface area contributed by atoms with Gasteiger partial charge in [-0.2, -0.15) is 0 Å². The molecule has 3 aliphatic rings. The first-order valence-corrected chi connectivity index (χ1v) is 10.6. The molecule has 0 bridgehead atoms. The second kappa shape index (κ2) is 9.85. The van der Waals surface area contributed by atoms with Crippen molar-refractivity contribution in [1.82, 2.24) is 0 Å². The Hall–Kier alpha value is 0.0664. The SMILES string of the molecule is C[C@H]1[C@H](O[C@@H]2O[C@H](CO)[C@@H](O)[C@H](O)[C@H]2O)CC[C@]2(C)[C@H](O)c3ccoc3[C@@](O)(C(=O)[O-])[C@@H]12.[H-].[K+]. The van der Waals surface area contributed by atoms with E-state index >= 15 is 0 Å². The van der Waals surface area contributed by atoms with Crippen LogP contribution in [0.1, 0.15) is 45.5 Å². The molecule has 33 heavy (non-hydrogen) atoms. The molecule has 1 saturated heterocycles. The molecule has 2 aliphatic carbocycles. The molecule has 1 aliphatic heterocycles. The van der Waals surface area contributed by atoms with Gasteiger partial charge in [0.15, 0.2) is 11.9 Å². The van der Waals surface area contributed by atoms with Crippen LogP contribution in [0.5, 0.6) is 0 Å². The van der Waals surface area contributed by atoms with E-state index in [1.54, 1.807) is 13.8 Å². The molecule has 2 fully saturated rings. The van der Waals surface area contributed by atoms with Gasteiger partial charge in [0.2, 0.25) is 0 Å². The molecule has 11 nitrogen and oxygen atoms in total. The van der Waals surface area contributed by atoms with Gasteiger partial charge in [-0.3, -0.25) is 0 Å². The minimum atomic E-state index is -2.54. The third kappa shape index (κ3) is 4.10.